The van der Waals surface area contributed by atoms with E-state index in [0.29, 0.717) is 31.1 Å². The molecule has 29 heavy (non-hydrogen) atoms. The number of thiocarbonyl (C=S) groups is 1. The van der Waals surface area contributed by atoms with E-state index in [1.165, 1.54) is 32.1 Å². The molecule has 1 aliphatic carbocycles. The highest BCUT2D eigenvalue weighted by Gasteiger charge is 2.25. The Morgan fingerprint density at radius 1 is 1.00 bits per heavy atom. The summed E-state index contributed by atoms with van der Waals surface area (Å²) in [5.41, 5.74) is 0.653. The van der Waals surface area contributed by atoms with E-state index in [1.807, 2.05) is 0 Å². The first-order valence-electron chi connectivity index (χ1n) is 10.7. The van der Waals surface area contributed by atoms with Gasteiger partial charge in [0.05, 0.1) is 4.90 Å². The summed E-state index contributed by atoms with van der Waals surface area (Å²) >= 11 is 5.22. The van der Waals surface area contributed by atoms with Gasteiger partial charge in [0, 0.05) is 25.2 Å². The van der Waals surface area contributed by atoms with Gasteiger partial charge in [0.1, 0.15) is 0 Å². The van der Waals surface area contributed by atoms with Gasteiger partial charge in [-0.1, -0.05) is 38.5 Å². The SMILES string of the molecule is O=C(CCC1CCCCC1)NC(=S)Nc1ccc(S(=O)(=O)N2CCCCC2)cc1. The Morgan fingerprint density at radius 3 is 2.28 bits per heavy atom. The number of carbonyl (C=O) groups excluding carboxylic acids is 1. The van der Waals surface area contributed by atoms with Crippen LogP contribution >= 0.6 is 12.2 Å². The molecule has 0 bridgehead atoms. The van der Waals surface area contributed by atoms with Gasteiger partial charge in [-0.05, 0) is 61.7 Å². The summed E-state index contributed by atoms with van der Waals surface area (Å²) in [6.45, 7) is 1.17. The van der Waals surface area contributed by atoms with Crippen LogP contribution in [0.25, 0.3) is 0 Å². The van der Waals surface area contributed by atoms with Crippen LogP contribution in [0.2, 0.25) is 0 Å². The molecule has 0 radical (unpaired) electrons. The maximum atomic E-state index is 12.7. The number of piperidine rings is 1. The zero-order valence-corrected chi connectivity index (χ0v) is 18.5. The van der Waals surface area contributed by atoms with Crippen molar-refractivity contribution in [2.75, 3.05) is 18.4 Å². The van der Waals surface area contributed by atoms with Crippen LogP contribution < -0.4 is 10.6 Å². The smallest absolute Gasteiger partial charge is 0.243 e. The van der Waals surface area contributed by atoms with Crippen LogP contribution in [0.5, 0.6) is 0 Å². The Kier molecular flexibility index (Phi) is 8.03. The van der Waals surface area contributed by atoms with Crippen LogP contribution in [-0.4, -0.2) is 36.8 Å². The molecular formula is C21H31N3O3S2. The van der Waals surface area contributed by atoms with E-state index in [-0.39, 0.29) is 15.9 Å². The van der Waals surface area contributed by atoms with Crippen molar-refractivity contribution in [3.05, 3.63) is 24.3 Å². The van der Waals surface area contributed by atoms with Gasteiger partial charge in [0.2, 0.25) is 15.9 Å². The summed E-state index contributed by atoms with van der Waals surface area (Å²) < 4.78 is 26.9. The molecule has 1 amide bonds. The molecule has 2 aliphatic rings. The van der Waals surface area contributed by atoms with Crippen molar-refractivity contribution in [2.24, 2.45) is 5.92 Å². The minimum atomic E-state index is -3.44. The lowest BCUT2D eigenvalue weighted by Crippen LogP contribution is -2.35. The number of amides is 1. The molecular weight excluding hydrogens is 406 g/mol. The van der Waals surface area contributed by atoms with Gasteiger partial charge in [-0.15, -0.1) is 0 Å². The molecule has 3 rings (SSSR count). The number of anilines is 1. The Bertz CT molecular complexity index is 797. The lowest BCUT2D eigenvalue weighted by Gasteiger charge is -2.25. The second kappa shape index (κ2) is 10.5. The molecule has 1 aromatic carbocycles. The highest BCUT2D eigenvalue weighted by molar-refractivity contribution is 7.89. The van der Waals surface area contributed by atoms with Crippen molar-refractivity contribution in [3.8, 4) is 0 Å². The van der Waals surface area contributed by atoms with Gasteiger partial charge in [0.15, 0.2) is 5.11 Å². The monoisotopic (exact) mass is 437 g/mol. The number of hydrogen-bond donors (Lipinski definition) is 2. The molecule has 1 saturated heterocycles. The third-order valence-electron chi connectivity index (χ3n) is 5.82. The average Bonchev–Trinajstić information content (AvgIpc) is 2.74. The van der Waals surface area contributed by atoms with E-state index in [1.54, 1.807) is 28.6 Å². The Hall–Kier alpha value is -1.51. The van der Waals surface area contributed by atoms with E-state index >= 15 is 0 Å². The van der Waals surface area contributed by atoms with Gasteiger partial charge < -0.3 is 10.6 Å². The summed E-state index contributed by atoms with van der Waals surface area (Å²) in [7, 11) is -3.44. The first-order valence-corrected chi connectivity index (χ1v) is 12.5. The third kappa shape index (κ3) is 6.49. The topological polar surface area (TPSA) is 78.5 Å². The van der Waals surface area contributed by atoms with Crippen molar-refractivity contribution >= 4 is 38.9 Å². The molecule has 0 unspecified atom stereocenters. The Morgan fingerprint density at radius 2 is 1.62 bits per heavy atom. The van der Waals surface area contributed by atoms with E-state index in [9.17, 15) is 13.2 Å². The zero-order chi connectivity index (χ0) is 20.7. The summed E-state index contributed by atoms with van der Waals surface area (Å²) in [5, 5.41) is 5.92. The number of nitrogens with one attached hydrogen (secondary N) is 2. The zero-order valence-electron chi connectivity index (χ0n) is 16.9. The van der Waals surface area contributed by atoms with Crippen molar-refractivity contribution in [2.45, 2.75) is 69.1 Å². The average molecular weight is 438 g/mol. The first kappa shape index (κ1) is 22.2. The van der Waals surface area contributed by atoms with Crippen LogP contribution in [0.15, 0.2) is 29.2 Å². The van der Waals surface area contributed by atoms with Gasteiger partial charge in [0.25, 0.3) is 0 Å². The van der Waals surface area contributed by atoms with Gasteiger partial charge in [-0.3, -0.25) is 4.79 Å². The number of hydrogen-bond acceptors (Lipinski definition) is 4. The van der Waals surface area contributed by atoms with Crippen LogP contribution in [0.3, 0.4) is 0 Å². The van der Waals surface area contributed by atoms with Crippen LogP contribution in [0.1, 0.15) is 64.2 Å². The molecule has 0 spiro atoms. The van der Waals surface area contributed by atoms with Crippen LogP contribution in [-0.2, 0) is 14.8 Å². The largest absolute Gasteiger partial charge is 0.332 e. The molecule has 2 fully saturated rings. The standard InChI is InChI=1S/C21H31N3O3S2/c25-20(14-9-17-7-3-1-4-8-17)23-21(28)22-18-10-12-19(13-11-18)29(26,27)24-15-5-2-6-16-24/h10-13,17H,1-9,14-16H2,(H2,22,23,25,28). The van der Waals surface area contributed by atoms with Gasteiger partial charge >= 0.3 is 0 Å². The molecule has 1 saturated carbocycles. The van der Waals surface area contributed by atoms with E-state index in [0.717, 1.165) is 25.7 Å². The third-order valence-corrected chi connectivity index (χ3v) is 7.94. The maximum Gasteiger partial charge on any atom is 0.243 e. The van der Waals surface area contributed by atoms with Gasteiger partial charge in [-0.25, -0.2) is 8.42 Å². The van der Waals surface area contributed by atoms with Gasteiger partial charge in [-0.2, -0.15) is 4.31 Å². The molecule has 2 N–H and O–H groups in total. The van der Waals surface area contributed by atoms with Crippen LogP contribution in [0, 0.1) is 5.92 Å². The summed E-state index contributed by atoms with van der Waals surface area (Å²) in [6, 6.07) is 6.52. The maximum absolute atomic E-state index is 12.7. The summed E-state index contributed by atoms with van der Waals surface area (Å²) in [6.07, 6.45) is 10.6. The second-order valence-electron chi connectivity index (χ2n) is 8.03. The van der Waals surface area contributed by atoms with Crippen LogP contribution in [0.4, 0.5) is 5.69 Å². The quantitative estimate of drug-likeness (QED) is 0.657. The molecule has 1 aliphatic heterocycles. The minimum absolute atomic E-state index is 0.0719. The normalized spacial score (nSPS) is 18.9. The molecule has 6 nitrogen and oxygen atoms in total. The van der Waals surface area contributed by atoms with Crippen molar-refractivity contribution < 1.29 is 13.2 Å². The fourth-order valence-electron chi connectivity index (χ4n) is 4.13. The molecule has 0 atom stereocenters. The highest BCUT2D eigenvalue weighted by Crippen LogP contribution is 2.27. The summed E-state index contributed by atoms with van der Waals surface area (Å²) in [4.78, 5) is 12.4. The fourth-order valence-corrected chi connectivity index (χ4v) is 5.88. The predicted molar refractivity (Wildman–Crippen MR) is 119 cm³/mol. The van der Waals surface area contributed by atoms with Crippen molar-refractivity contribution in [1.29, 1.82) is 0 Å². The second-order valence-corrected chi connectivity index (χ2v) is 10.4. The van der Waals surface area contributed by atoms with E-state index in [4.69, 9.17) is 12.2 Å². The van der Waals surface area contributed by atoms with E-state index in [2.05, 4.69) is 10.6 Å². The molecule has 1 heterocycles. The first-order chi connectivity index (χ1) is 13.9. The molecule has 8 heteroatoms. The van der Waals surface area contributed by atoms with Crippen molar-refractivity contribution in [3.63, 3.8) is 0 Å². The lowest BCUT2D eigenvalue weighted by atomic mass is 9.86. The Balaban J connectivity index is 1.47. The molecule has 0 aromatic heterocycles. The summed E-state index contributed by atoms with van der Waals surface area (Å²) in [5.74, 6) is 0.586. The number of sulfonamides is 1. The molecule has 160 valence electrons. The van der Waals surface area contributed by atoms with Crippen molar-refractivity contribution in [1.82, 2.24) is 9.62 Å². The highest BCUT2D eigenvalue weighted by atomic mass is 32.2. The Labute approximate surface area is 179 Å². The number of carbonyl (C=O) groups is 1. The number of benzene rings is 1. The predicted octanol–water partition coefficient (Wildman–Crippen LogP) is 4.03. The minimum Gasteiger partial charge on any atom is -0.332 e. The lowest BCUT2D eigenvalue weighted by molar-refractivity contribution is -0.120. The number of rotatable bonds is 6. The van der Waals surface area contributed by atoms with E-state index < -0.39 is 10.0 Å². The fraction of sp³-hybridized carbons (Fsp3) is 0.619. The number of nitrogens with zero attached hydrogens (tertiary/aromatic N) is 1. The molecule has 1 aromatic rings.